The van der Waals surface area contributed by atoms with Crippen molar-refractivity contribution in [3.63, 3.8) is 0 Å². The van der Waals surface area contributed by atoms with Crippen LogP contribution in [-0.4, -0.2) is 47.0 Å². The topological polar surface area (TPSA) is 49.6 Å². The van der Waals surface area contributed by atoms with Crippen molar-refractivity contribution >= 4 is 17.7 Å². The quantitative estimate of drug-likeness (QED) is 0.678. The minimum absolute atomic E-state index is 0.00987. The van der Waals surface area contributed by atoms with Crippen LogP contribution in [-0.2, 0) is 12.3 Å². The molecule has 2 aliphatic heterocycles. The monoisotopic (exact) mass is 391 g/mol. The number of carbonyl (C=O) groups excluding carboxylic acids is 1. The summed E-state index contributed by atoms with van der Waals surface area (Å²) in [6.07, 6.45) is 0. The standard InChI is InChI=1S/C22H21N3O2S/c26-22(25-12-10-24(11-13-25)14-16-6-2-1-3-7-16)20-18-15-28-19-9-5-4-8-17(19)21(18)27-23-20/h1-9H,10-15H2. The van der Waals surface area contributed by atoms with Gasteiger partial charge >= 0.3 is 0 Å². The van der Waals surface area contributed by atoms with E-state index in [0.29, 0.717) is 5.69 Å². The zero-order valence-corrected chi connectivity index (χ0v) is 16.3. The molecule has 0 spiro atoms. The van der Waals surface area contributed by atoms with Gasteiger partial charge in [-0.05, 0) is 17.7 Å². The van der Waals surface area contributed by atoms with Crippen molar-refractivity contribution in [3.05, 3.63) is 71.4 Å². The summed E-state index contributed by atoms with van der Waals surface area (Å²) < 4.78 is 5.60. The van der Waals surface area contributed by atoms with Gasteiger partial charge in [-0.1, -0.05) is 47.6 Å². The molecule has 2 aromatic carbocycles. The molecule has 0 atom stereocenters. The molecule has 1 fully saturated rings. The van der Waals surface area contributed by atoms with Crippen molar-refractivity contribution in [2.24, 2.45) is 0 Å². The summed E-state index contributed by atoms with van der Waals surface area (Å²) in [5.74, 6) is 1.47. The van der Waals surface area contributed by atoms with Crippen LogP contribution >= 0.6 is 11.8 Å². The van der Waals surface area contributed by atoms with Crippen LogP contribution in [0.5, 0.6) is 0 Å². The van der Waals surface area contributed by atoms with E-state index in [-0.39, 0.29) is 5.91 Å². The number of rotatable bonds is 3. The maximum atomic E-state index is 13.1. The molecule has 1 saturated heterocycles. The van der Waals surface area contributed by atoms with Crippen molar-refractivity contribution in [1.29, 1.82) is 0 Å². The lowest BCUT2D eigenvalue weighted by atomic mass is 10.1. The number of fused-ring (bicyclic) bond motifs is 3. The molecular formula is C22H21N3O2S. The van der Waals surface area contributed by atoms with Gasteiger partial charge in [0.15, 0.2) is 11.5 Å². The van der Waals surface area contributed by atoms with Crippen LogP contribution in [0.3, 0.4) is 0 Å². The van der Waals surface area contributed by atoms with Gasteiger partial charge in [-0.3, -0.25) is 9.69 Å². The zero-order valence-electron chi connectivity index (χ0n) is 15.5. The first-order valence-corrected chi connectivity index (χ1v) is 10.5. The molecule has 0 aliphatic carbocycles. The molecule has 3 aromatic rings. The molecule has 0 N–H and O–H groups in total. The normalized spacial score (nSPS) is 16.5. The first kappa shape index (κ1) is 17.5. The van der Waals surface area contributed by atoms with Crippen molar-refractivity contribution in [2.45, 2.75) is 17.2 Å². The number of carbonyl (C=O) groups is 1. The van der Waals surface area contributed by atoms with Gasteiger partial charge < -0.3 is 9.42 Å². The molecule has 3 heterocycles. The molecule has 1 aromatic heterocycles. The maximum Gasteiger partial charge on any atom is 0.276 e. The molecule has 6 heteroatoms. The zero-order chi connectivity index (χ0) is 18.9. The summed E-state index contributed by atoms with van der Waals surface area (Å²) in [6, 6.07) is 18.6. The minimum atomic E-state index is -0.00987. The highest BCUT2D eigenvalue weighted by atomic mass is 32.2. The Hall–Kier alpha value is -2.57. The molecule has 2 aliphatic rings. The fourth-order valence-electron chi connectivity index (χ4n) is 3.85. The van der Waals surface area contributed by atoms with E-state index in [4.69, 9.17) is 4.52 Å². The number of aromatic nitrogens is 1. The van der Waals surface area contributed by atoms with E-state index >= 15 is 0 Å². The van der Waals surface area contributed by atoms with Gasteiger partial charge in [0.25, 0.3) is 5.91 Å². The smallest absolute Gasteiger partial charge is 0.276 e. The average Bonchev–Trinajstić information content (AvgIpc) is 3.19. The lowest BCUT2D eigenvalue weighted by molar-refractivity contribution is 0.0618. The van der Waals surface area contributed by atoms with Crippen LogP contribution in [0.25, 0.3) is 11.3 Å². The minimum Gasteiger partial charge on any atom is -0.355 e. The Morgan fingerprint density at radius 1 is 1.00 bits per heavy atom. The van der Waals surface area contributed by atoms with E-state index in [2.05, 4.69) is 40.4 Å². The van der Waals surface area contributed by atoms with E-state index in [0.717, 1.165) is 55.4 Å². The van der Waals surface area contributed by atoms with Crippen LogP contribution in [0.4, 0.5) is 0 Å². The van der Waals surface area contributed by atoms with Gasteiger partial charge in [-0.25, -0.2) is 0 Å². The summed E-state index contributed by atoms with van der Waals surface area (Å²) in [7, 11) is 0. The predicted octanol–water partition coefficient (Wildman–Crippen LogP) is 3.91. The first-order chi connectivity index (χ1) is 13.8. The fraction of sp³-hybridized carbons (Fsp3) is 0.273. The Labute approximate surface area is 168 Å². The highest BCUT2D eigenvalue weighted by Crippen LogP contribution is 2.42. The second-order valence-electron chi connectivity index (χ2n) is 7.18. The van der Waals surface area contributed by atoms with E-state index < -0.39 is 0 Å². The number of hydrogen-bond acceptors (Lipinski definition) is 5. The average molecular weight is 391 g/mol. The van der Waals surface area contributed by atoms with Crippen molar-refractivity contribution in [2.75, 3.05) is 26.2 Å². The van der Waals surface area contributed by atoms with Crippen LogP contribution in [0, 0.1) is 0 Å². The Kier molecular flexibility index (Phi) is 4.66. The molecule has 0 unspecified atom stereocenters. The maximum absolute atomic E-state index is 13.1. The number of thioether (sulfide) groups is 1. The van der Waals surface area contributed by atoms with Crippen LogP contribution in [0.2, 0.25) is 0 Å². The van der Waals surface area contributed by atoms with E-state index in [1.54, 1.807) is 11.8 Å². The summed E-state index contributed by atoms with van der Waals surface area (Å²) >= 11 is 1.74. The molecule has 0 bridgehead atoms. The van der Waals surface area contributed by atoms with Crippen LogP contribution in [0.1, 0.15) is 21.6 Å². The lowest BCUT2D eigenvalue weighted by Crippen LogP contribution is -2.48. The van der Waals surface area contributed by atoms with Crippen LogP contribution in [0.15, 0.2) is 64.0 Å². The third kappa shape index (κ3) is 3.23. The van der Waals surface area contributed by atoms with Gasteiger partial charge in [0.1, 0.15) is 0 Å². The molecule has 5 rings (SSSR count). The number of hydrogen-bond donors (Lipinski definition) is 0. The number of piperazine rings is 1. The van der Waals surface area contributed by atoms with E-state index in [1.165, 1.54) is 10.5 Å². The fourth-order valence-corrected chi connectivity index (χ4v) is 4.91. The van der Waals surface area contributed by atoms with Crippen molar-refractivity contribution < 1.29 is 9.32 Å². The summed E-state index contributed by atoms with van der Waals surface area (Å²) in [5.41, 5.74) is 3.76. The highest BCUT2D eigenvalue weighted by molar-refractivity contribution is 7.98. The Bertz CT molecular complexity index is 994. The van der Waals surface area contributed by atoms with E-state index in [1.807, 2.05) is 29.2 Å². The Balaban J connectivity index is 1.28. The van der Waals surface area contributed by atoms with Crippen molar-refractivity contribution in [3.8, 4) is 11.3 Å². The molecule has 28 heavy (non-hydrogen) atoms. The van der Waals surface area contributed by atoms with Gasteiger partial charge in [0.2, 0.25) is 0 Å². The van der Waals surface area contributed by atoms with E-state index in [9.17, 15) is 4.79 Å². The predicted molar refractivity (Wildman–Crippen MR) is 109 cm³/mol. The third-order valence-electron chi connectivity index (χ3n) is 5.40. The number of benzene rings is 2. The van der Waals surface area contributed by atoms with Gasteiger partial charge in [-0.2, -0.15) is 0 Å². The lowest BCUT2D eigenvalue weighted by Gasteiger charge is -2.34. The molecule has 142 valence electrons. The summed E-state index contributed by atoms with van der Waals surface area (Å²) in [4.78, 5) is 18.6. The second-order valence-corrected chi connectivity index (χ2v) is 8.19. The van der Waals surface area contributed by atoms with Gasteiger partial charge in [0.05, 0.1) is 0 Å². The second kappa shape index (κ2) is 7.45. The molecule has 0 saturated carbocycles. The molecular weight excluding hydrogens is 370 g/mol. The number of nitrogens with zero attached hydrogens (tertiary/aromatic N) is 3. The summed E-state index contributed by atoms with van der Waals surface area (Å²) in [6.45, 7) is 4.11. The van der Waals surface area contributed by atoms with Gasteiger partial charge in [0, 0.05) is 54.5 Å². The summed E-state index contributed by atoms with van der Waals surface area (Å²) in [5, 5.41) is 4.17. The largest absolute Gasteiger partial charge is 0.355 e. The van der Waals surface area contributed by atoms with Crippen molar-refractivity contribution in [1.82, 2.24) is 15.0 Å². The molecule has 1 amide bonds. The molecule has 5 nitrogen and oxygen atoms in total. The SMILES string of the molecule is O=C(c1noc2c1CSc1ccccc1-2)N1CCN(Cc2ccccc2)CC1. The van der Waals surface area contributed by atoms with Crippen LogP contribution < -0.4 is 0 Å². The third-order valence-corrected chi connectivity index (χ3v) is 6.50. The number of amides is 1. The Morgan fingerprint density at radius 3 is 2.57 bits per heavy atom. The highest BCUT2D eigenvalue weighted by Gasteiger charge is 2.31. The Morgan fingerprint density at radius 2 is 1.75 bits per heavy atom. The molecule has 0 radical (unpaired) electrons. The van der Waals surface area contributed by atoms with Gasteiger partial charge in [-0.15, -0.1) is 11.8 Å². The first-order valence-electron chi connectivity index (χ1n) is 9.56.